The number of amides is 1. The molecule has 0 spiro atoms. The number of halogens is 1. The lowest BCUT2D eigenvalue weighted by atomic mass is 10.2. The van der Waals surface area contributed by atoms with Crippen molar-refractivity contribution >= 4 is 31.9 Å². The lowest BCUT2D eigenvalue weighted by molar-refractivity contribution is -0.123. The summed E-state index contributed by atoms with van der Waals surface area (Å²) in [7, 11) is -3.49. The fourth-order valence-electron chi connectivity index (χ4n) is 2.29. The van der Waals surface area contributed by atoms with E-state index in [4.69, 9.17) is 5.73 Å². The Hall–Kier alpha value is -0.960. The summed E-state index contributed by atoms with van der Waals surface area (Å²) in [5.74, 6) is -0.390. The van der Waals surface area contributed by atoms with E-state index >= 15 is 0 Å². The lowest BCUT2D eigenvalue weighted by Gasteiger charge is -2.36. The Kier molecular flexibility index (Phi) is 5.03. The number of carbonyl (C=O) groups excluding carboxylic acids is 1. The van der Waals surface area contributed by atoms with Gasteiger partial charge in [0.05, 0.1) is 10.9 Å². The smallest absolute Gasteiger partial charge is 0.243 e. The van der Waals surface area contributed by atoms with E-state index in [1.807, 2.05) is 4.90 Å². The molecule has 8 heteroatoms. The Labute approximate surface area is 133 Å². The quantitative estimate of drug-likeness (QED) is 0.836. The molecule has 0 radical (unpaired) electrons. The number of carbonyl (C=O) groups is 1. The van der Waals surface area contributed by atoms with E-state index in [1.165, 1.54) is 4.31 Å². The molecule has 1 aliphatic heterocycles. The van der Waals surface area contributed by atoms with Gasteiger partial charge >= 0.3 is 0 Å². The van der Waals surface area contributed by atoms with Crippen LogP contribution in [0.5, 0.6) is 0 Å². The summed E-state index contributed by atoms with van der Waals surface area (Å²) in [5, 5.41) is 0. The van der Waals surface area contributed by atoms with Gasteiger partial charge in [0.1, 0.15) is 0 Å². The van der Waals surface area contributed by atoms with Crippen molar-refractivity contribution in [2.75, 3.05) is 26.2 Å². The van der Waals surface area contributed by atoms with Crippen LogP contribution in [0, 0.1) is 0 Å². The molecule has 1 aromatic carbocycles. The van der Waals surface area contributed by atoms with Gasteiger partial charge in [-0.2, -0.15) is 4.31 Å². The van der Waals surface area contributed by atoms with Crippen molar-refractivity contribution in [3.05, 3.63) is 28.7 Å². The number of hydrogen-bond donors (Lipinski definition) is 1. The van der Waals surface area contributed by atoms with Crippen molar-refractivity contribution in [3.8, 4) is 0 Å². The summed E-state index contributed by atoms with van der Waals surface area (Å²) in [6.07, 6.45) is 0. The fraction of sp³-hybridized carbons (Fsp3) is 0.462. The number of nitrogens with two attached hydrogens (primary N) is 1. The summed E-state index contributed by atoms with van der Waals surface area (Å²) in [5.41, 5.74) is 5.28. The molecule has 1 aliphatic rings. The number of sulfonamides is 1. The van der Waals surface area contributed by atoms with E-state index in [-0.39, 0.29) is 10.9 Å². The molecule has 6 nitrogen and oxygen atoms in total. The van der Waals surface area contributed by atoms with E-state index in [0.29, 0.717) is 26.2 Å². The Bertz CT molecular complexity index is 627. The highest BCUT2D eigenvalue weighted by Crippen LogP contribution is 2.21. The number of piperazine rings is 1. The highest BCUT2D eigenvalue weighted by atomic mass is 79.9. The topological polar surface area (TPSA) is 83.7 Å². The van der Waals surface area contributed by atoms with Crippen molar-refractivity contribution in [1.29, 1.82) is 0 Å². The molecule has 2 N–H and O–H groups in total. The minimum absolute atomic E-state index is 0.272. The van der Waals surface area contributed by atoms with Gasteiger partial charge in [-0.3, -0.25) is 9.69 Å². The van der Waals surface area contributed by atoms with Gasteiger partial charge in [0.2, 0.25) is 15.9 Å². The highest BCUT2D eigenvalue weighted by Gasteiger charge is 2.31. The molecule has 0 bridgehead atoms. The van der Waals surface area contributed by atoms with Crippen LogP contribution in [0.15, 0.2) is 33.6 Å². The summed E-state index contributed by atoms with van der Waals surface area (Å²) in [6.45, 7) is 3.44. The summed E-state index contributed by atoms with van der Waals surface area (Å²) >= 11 is 3.28. The second-order valence-electron chi connectivity index (χ2n) is 4.98. The third-order valence-corrected chi connectivity index (χ3v) is 6.05. The predicted octanol–water partition coefficient (Wildman–Crippen LogP) is 0.629. The van der Waals surface area contributed by atoms with Crippen LogP contribution >= 0.6 is 15.9 Å². The second kappa shape index (κ2) is 6.43. The zero-order chi connectivity index (χ0) is 15.6. The van der Waals surface area contributed by atoms with Crippen molar-refractivity contribution in [3.63, 3.8) is 0 Å². The standard InChI is InChI=1S/C13H18BrN3O3S/c1-10(13(15)18)16-5-7-17(8-6-16)21(19,20)12-4-2-3-11(14)9-12/h2-4,9-10H,5-8H2,1H3,(H2,15,18)/t10-/m0/s1. The van der Waals surface area contributed by atoms with Gasteiger partial charge in [-0.25, -0.2) is 8.42 Å². The number of rotatable bonds is 4. The number of primary amides is 1. The average Bonchev–Trinajstić information content (AvgIpc) is 2.46. The first-order chi connectivity index (χ1) is 9.82. The Morgan fingerprint density at radius 2 is 1.90 bits per heavy atom. The van der Waals surface area contributed by atoms with Gasteiger partial charge in [0.15, 0.2) is 0 Å². The summed E-state index contributed by atoms with van der Waals surface area (Å²) in [4.78, 5) is 13.3. The molecule has 0 unspecified atom stereocenters. The second-order valence-corrected chi connectivity index (χ2v) is 7.83. The van der Waals surface area contributed by atoms with Crippen LogP contribution in [-0.2, 0) is 14.8 Å². The molecule has 1 atom stereocenters. The van der Waals surface area contributed by atoms with Crippen LogP contribution in [0.3, 0.4) is 0 Å². The maximum Gasteiger partial charge on any atom is 0.243 e. The molecule has 2 rings (SSSR count). The number of benzene rings is 1. The van der Waals surface area contributed by atoms with Crippen molar-refractivity contribution in [1.82, 2.24) is 9.21 Å². The summed E-state index contributed by atoms with van der Waals surface area (Å²) < 4.78 is 27.3. The van der Waals surface area contributed by atoms with Gasteiger partial charge in [-0.1, -0.05) is 22.0 Å². The Balaban J connectivity index is 2.09. The van der Waals surface area contributed by atoms with Crippen LogP contribution in [0.2, 0.25) is 0 Å². The maximum absolute atomic E-state index is 12.5. The Morgan fingerprint density at radius 1 is 1.29 bits per heavy atom. The van der Waals surface area contributed by atoms with Crippen LogP contribution < -0.4 is 5.73 Å². The normalized spacial score (nSPS) is 19.3. The number of hydrogen-bond acceptors (Lipinski definition) is 4. The predicted molar refractivity (Wildman–Crippen MR) is 83.1 cm³/mol. The van der Waals surface area contributed by atoms with Crippen LogP contribution in [0.1, 0.15) is 6.92 Å². The van der Waals surface area contributed by atoms with E-state index in [0.717, 1.165) is 4.47 Å². The minimum atomic E-state index is -3.49. The third kappa shape index (κ3) is 3.63. The lowest BCUT2D eigenvalue weighted by Crippen LogP contribution is -2.54. The van der Waals surface area contributed by atoms with E-state index in [2.05, 4.69) is 15.9 Å². The van der Waals surface area contributed by atoms with Gasteiger partial charge in [0, 0.05) is 30.7 Å². The fourth-order valence-corrected chi connectivity index (χ4v) is 4.31. The molecule has 21 heavy (non-hydrogen) atoms. The van der Waals surface area contributed by atoms with Gasteiger partial charge in [0.25, 0.3) is 0 Å². The Morgan fingerprint density at radius 3 is 2.43 bits per heavy atom. The molecular weight excluding hydrogens is 358 g/mol. The first-order valence-corrected chi connectivity index (χ1v) is 8.85. The largest absolute Gasteiger partial charge is 0.368 e. The molecule has 116 valence electrons. The number of nitrogens with zero attached hydrogens (tertiary/aromatic N) is 2. The summed E-state index contributed by atoms with van der Waals surface area (Å²) in [6, 6.07) is 6.28. The van der Waals surface area contributed by atoms with E-state index in [9.17, 15) is 13.2 Å². The molecular formula is C13H18BrN3O3S. The average molecular weight is 376 g/mol. The SMILES string of the molecule is C[C@@H](C(N)=O)N1CCN(S(=O)(=O)c2cccc(Br)c2)CC1. The molecule has 1 fully saturated rings. The van der Waals surface area contributed by atoms with E-state index in [1.54, 1.807) is 31.2 Å². The van der Waals surface area contributed by atoms with Crippen LogP contribution in [0.4, 0.5) is 0 Å². The molecule has 1 amide bonds. The molecule has 0 aromatic heterocycles. The van der Waals surface area contributed by atoms with Crippen LogP contribution in [0.25, 0.3) is 0 Å². The van der Waals surface area contributed by atoms with Crippen LogP contribution in [-0.4, -0.2) is 55.8 Å². The monoisotopic (exact) mass is 375 g/mol. The van der Waals surface area contributed by atoms with E-state index < -0.39 is 15.9 Å². The van der Waals surface area contributed by atoms with Crippen molar-refractivity contribution in [2.45, 2.75) is 17.9 Å². The molecule has 0 aliphatic carbocycles. The maximum atomic E-state index is 12.5. The van der Waals surface area contributed by atoms with Crippen molar-refractivity contribution < 1.29 is 13.2 Å². The van der Waals surface area contributed by atoms with Crippen molar-refractivity contribution in [2.24, 2.45) is 5.73 Å². The van der Waals surface area contributed by atoms with Gasteiger partial charge in [-0.05, 0) is 25.1 Å². The zero-order valence-electron chi connectivity index (χ0n) is 11.7. The highest BCUT2D eigenvalue weighted by molar-refractivity contribution is 9.10. The zero-order valence-corrected chi connectivity index (χ0v) is 14.1. The molecule has 1 aromatic rings. The first-order valence-electron chi connectivity index (χ1n) is 6.61. The molecule has 0 saturated carbocycles. The third-order valence-electron chi connectivity index (χ3n) is 3.67. The molecule has 1 heterocycles. The molecule has 1 saturated heterocycles. The minimum Gasteiger partial charge on any atom is -0.368 e. The van der Waals surface area contributed by atoms with Gasteiger partial charge in [-0.15, -0.1) is 0 Å². The first kappa shape index (κ1) is 16.4. The van der Waals surface area contributed by atoms with Gasteiger partial charge < -0.3 is 5.73 Å².